The van der Waals surface area contributed by atoms with Gasteiger partial charge in [-0.1, -0.05) is 50.3 Å². The first-order valence-electron chi connectivity index (χ1n) is 10.4. The SMILES string of the molecule is C=CC(/N=C(\CC)CCCCNCc1ccc(C)cc1)=C(/C)[C@H](C)CCN. The highest BCUT2D eigenvalue weighted by atomic mass is 14.8. The standard InChI is InChI=1S/C24H39N3/c1-6-23(27-24(7-2)21(5)20(4)15-16-25)10-8-9-17-26-18-22-13-11-19(3)12-14-22/h7,11-14,20,26H,2,6,8-10,15-18,25H2,1,3-5H3/b24-21+,27-23+/t20-/m1/s1. The van der Waals surface area contributed by atoms with Gasteiger partial charge in [0.15, 0.2) is 0 Å². The number of aliphatic imine (C=N–C) groups is 1. The van der Waals surface area contributed by atoms with Gasteiger partial charge in [0.1, 0.15) is 0 Å². The first-order valence-corrected chi connectivity index (χ1v) is 10.4. The third kappa shape index (κ3) is 9.16. The molecule has 3 heteroatoms. The summed E-state index contributed by atoms with van der Waals surface area (Å²) in [7, 11) is 0. The van der Waals surface area contributed by atoms with Crippen LogP contribution in [0.2, 0.25) is 0 Å². The maximum Gasteiger partial charge on any atom is 0.0615 e. The summed E-state index contributed by atoms with van der Waals surface area (Å²) in [6, 6.07) is 8.73. The second kappa shape index (κ2) is 13.5. The average molecular weight is 370 g/mol. The number of hydrogen-bond acceptors (Lipinski definition) is 3. The minimum atomic E-state index is 0.454. The number of nitrogens with one attached hydrogen (secondary N) is 1. The number of unbranched alkanes of at least 4 members (excludes halogenated alkanes) is 1. The molecule has 0 aliphatic carbocycles. The highest BCUT2D eigenvalue weighted by Crippen LogP contribution is 2.20. The molecule has 0 fully saturated rings. The van der Waals surface area contributed by atoms with Gasteiger partial charge in [-0.25, -0.2) is 0 Å². The number of aryl methyl sites for hydroxylation is 1. The van der Waals surface area contributed by atoms with Crippen molar-refractivity contribution in [2.24, 2.45) is 16.6 Å². The molecule has 1 rings (SSSR count). The molecule has 1 aromatic rings. The molecule has 0 spiro atoms. The number of benzene rings is 1. The predicted octanol–water partition coefficient (Wildman–Crippen LogP) is 5.55. The summed E-state index contributed by atoms with van der Waals surface area (Å²) in [5, 5.41) is 3.53. The monoisotopic (exact) mass is 369 g/mol. The minimum absolute atomic E-state index is 0.454. The molecule has 150 valence electrons. The van der Waals surface area contributed by atoms with Crippen LogP contribution in [-0.2, 0) is 6.54 Å². The second-order valence-electron chi connectivity index (χ2n) is 7.40. The lowest BCUT2D eigenvalue weighted by Crippen LogP contribution is -2.15. The van der Waals surface area contributed by atoms with Crippen LogP contribution in [0.25, 0.3) is 0 Å². The third-order valence-electron chi connectivity index (χ3n) is 5.14. The molecular weight excluding hydrogens is 330 g/mol. The third-order valence-corrected chi connectivity index (χ3v) is 5.14. The van der Waals surface area contributed by atoms with Crippen LogP contribution >= 0.6 is 0 Å². The van der Waals surface area contributed by atoms with Crippen LogP contribution in [0.4, 0.5) is 0 Å². The van der Waals surface area contributed by atoms with E-state index in [0.29, 0.717) is 12.5 Å². The quantitative estimate of drug-likeness (QED) is 0.272. The Morgan fingerprint density at radius 1 is 1.26 bits per heavy atom. The van der Waals surface area contributed by atoms with E-state index in [1.165, 1.54) is 28.8 Å². The zero-order valence-electron chi connectivity index (χ0n) is 17.9. The molecule has 0 saturated carbocycles. The fourth-order valence-electron chi connectivity index (χ4n) is 3.01. The zero-order chi connectivity index (χ0) is 20.1. The molecular formula is C24H39N3. The maximum absolute atomic E-state index is 5.70. The van der Waals surface area contributed by atoms with Gasteiger partial charge in [0.25, 0.3) is 0 Å². The van der Waals surface area contributed by atoms with Crippen LogP contribution < -0.4 is 11.1 Å². The number of hydrogen-bond donors (Lipinski definition) is 2. The summed E-state index contributed by atoms with van der Waals surface area (Å²) in [5.41, 5.74) is 11.9. The topological polar surface area (TPSA) is 50.4 Å². The zero-order valence-corrected chi connectivity index (χ0v) is 17.9. The molecule has 0 radical (unpaired) electrons. The van der Waals surface area contributed by atoms with Crippen LogP contribution in [0.5, 0.6) is 0 Å². The van der Waals surface area contributed by atoms with Gasteiger partial charge in [0.2, 0.25) is 0 Å². The molecule has 0 aliphatic rings. The normalized spacial score (nSPS) is 14.0. The van der Waals surface area contributed by atoms with Gasteiger partial charge in [0.05, 0.1) is 5.70 Å². The highest BCUT2D eigenvalue weighted by molar-refractivity contribution is 5.85. The van der Waals surface area contributed by atoms with Crippen molar-refractivity contribution >= 4 is 5.71 Å². The molecule has 3 N–H and O–H groups in total. The highest BCUT2D eigenvalue weighted by Gasteiger charge is 2.08. The van der Waals surface area contributed by atoms with E-state index in [-0.39, 0.29) is 0 Å². The molecule has 27 heavy (non-hydrogen) atoms. The van der Waals surface area contributed by atoms with E-state index >= 15 is 0 Å². The Hall–Kier alpha value is -1.71. The largest absolute Gasteiger partial charge is 0.330 e. The first-order chi connectivity index (χ1) is 13.0. The van der Waals surface area contributed by atoms with Crippen molar-refractivity contribution in [1.29, 1.82) is 0 Å². The van der Waals surface area contributed by atoms with Gasteiger partial charge < -0.3 is 11.1 Å². The first kappa shape index (κ1) is 23.3. The van der Waals surface area contributed by atoms with Crippen LogP contribution in [0.1, 0.15) is 64.0 Å². The Morgan fingerprint density at radius 2 is 1.96 bits per heavy atom. The fraction of sp³-hybridized carbons (Fsp3) is 0.542. The second-order valence-corrected chi connectivity index (χ2v) is 7.40. The van der Waals surface area contributed by atoms with Crippen LogP contribution in [0.15, 0.2) is 53.2 Å². The van der Waals surface area contributed by atoms with Crippen molar-refractivity contribution < 1.29 is 0 Å². The fourth-order valence-corrected chi connectivity index (χ4v) is 3.01. The number of nitrogens with two attached hydrogens (primary N) is 1. The van der Waals surface area contributed by atoms with Gasteiger partial charge in [-0.05, 0) is 82.2 Å². The summed E-state index contributed by atoms with van der Waals surface area (Å²) in [6.45, 7) is 15.3. The predicted molar refractivity (Wildman–Crippen MR) is 120 cm³/mol. The number of allylic oxidation sites excluding steroid dienone is 2. The summed E-state index contributed by atoms with van der Waals surface area (Å²) < 4.78 is 0. The molecule has 1 aromatic carbocycles. The van der Waals surface area contributed by atoms with Gasteiger partial charge >= 0.3 is 0 Å². The Labute approximate surface area is 166 Å². The van der Waals surface area contributed by atoms with Crippen molar-refractivity contribution in [2.75, 3.05) is 13.1 Å². The Balaban J connectivity index is 2.43. The van der Waals surface area contributed by atoms with Crippen molar-refractivity contribution in [2.45, 2.75) is 66.3 Å². The van der Waals surface area contributed by atoms with Crippen molar-refractivity contribution in [3.05, 3.63) is 59.3 Å². The Kier molecular flexibility index (Phi) is 11.6. The number of nitrogens with zero attached hydrogens (tertiary/aromatic N) is 1. The molecule has 3 nitrogen and oxygen atoms in total. The van der Waals surface area contributed by atoms with Crippen LogP contribution in [0, 0.1) is 12.8 Å². The number of rotatable bonds is 13. The molecule has 0 unspecified atom stereocenters. The lowest BCUT2D eigenvalue weighted by molar-refractivity contribution is 0.617. The van der Waals surface area contributed by atoms with Gasteiger partial charge in [0, 0.05) is 12.3 Å². The lowest BCUT2D eigenvalue weighted by Gasteiger charge is -2.14. The smallest absolute Gasteiger partial charge is 0.0615 e. The Morgan fingerprint density at radius 3 is 2.56 bits per heavy atom. The van der Waals surface area contributed by atoms with Gasteiger partial charge in [-0.15, -0.1) is 0 Å². The van der Waals surface area contributed by atoms with Crippen molar-refractivity contribution in [3.8, 4) is 0 Å². The van der Waals surface area contributed by atoms with Crippen molar-refractivity contribution in [1.82, 2.24) is 5.32 Å². The van der Waals surface area contributed by atoms with E-state index in [0.717, 1.165) is 44.5 Å². The lowest BCUT2D eigenvalue weighted by atomic mass is 9.97. The molecule has 1 atom stereocenters. The van der Waals surface area contributed by atoms with Crippen LogP contribution in [0.3, 0.4) is 0 Å². The van der Waals surface area contributed by atoms with E-state index in [1.807, 2.05) is 6.08 Å². The van der Waals surface area contributed by atoms with E-state index < -0.39 is 0 Å². The summed E-state index contributed by atoms with van der Waals surface area (Å²) in [4.78, 5) is 4.91. The van der Waals surface area contributed by atoms with E-state index in [2.05, 4.69) is 63.9 Å². The maximum atomic E-state index is 5.70. The van der Waals surface area contributed by atoms with E-state index in [4.69, 9.17) is 10.7 Å². The van der Waals surface area contributed by atoms with E-state index in [9.17, 15) is 0 Å². The van der Waals surface area contributed by atoms with Crippen LogP contribution in [-0.4, -0.2) is 18.8 Å². The van der Waals surface area contributed by atoms with Gasteiger partial charge in [-0.2, -0.15) is 0 Å². The molecule has 0 bridgehead atoms. The Bertz CT molecular complexity index is 611. The summed E-state index contributed by atoms with van der Waals surface area (Å²) in [6.07, 6.45) is 7.26. The van der Waals surface area contributed by atoms with Crippen molar-refractivity contribution in [3.63, 3.8) is 0 Å². The molecule has 0 saturated heterocycles. The summed E-state index contributed by atoms with van der Waals surface area (Å²) >= 11 is 0. The average Bonchev–Trinajstić information content (AvgIpc) is 2.68. The van der Waals surface area contributed by atoms with Gasteiger partial charge in [-0.3, -0.25) is 4.99 Å². The molecule has 0 aliphatic heterocycles. The summed E-state index contributed by atoms with van der Waals surface area (Å²) in [5.74, 6) is 0.454. The molecule has 0 amide bonds. The molecule has 0 aromatic heterocycles. The van der Waals surface area contributed by atoms with E-state index in [1.54, 1.807) is 0 Å². The molecule has 0 heterocycles. The minimum Gasteiger partial charge on any atom is -0.330 e.